The third kappa shape index (κ3) is 5.04. The van der Waals surface area contributed by atoms with Gasteiger partial charge >= 0.3 is 0 Å². The van der Waals surface area contributed by atoms with E-state index in [2.05, 4.69) is 15.5 Å². The summed E-state index contributed by atoms with van der Waals surface area (Å²) in [6.45, 7) is 2.61. The summed E-state index contributed by atoms with van der Waals surface area (Å²) in [6, 6.07) is 13.5. The number of amides is 2. The van der Waals surface area contributed by atoms with Crippen molar-refractivity contribution in [3.05, 3.63) is 76.7 Å². The molecule has 1 saturated heterocycles. The van der Waals surface area contributed by atoms with Gasteiger partial charge in [-0.15, -0.1) is 11.3 Å². The largest absolute Gasteiger partial charge is 0.378 e. The molecule has 1 aliphatic rings. The molecule has 0 radical (unpaired) electrons. The number of benzene rings is 2. The highest BCUT2D eigenvalue weighted by Gasteiger charge is 2.27. The van der Waals surface area contributed by atoms with Gasteiger partial charge in [-0.2, -0.15) is 0 Å². The second-order valence-corrected chi connectivity index (χ2v) is 8.52. The molecule has 2 heterocycles. The summed E-state index contributed by atoms with van der Waals surface area (Å²) in [5.74, 6) is -3.13. The maximum Gasteiger partial charge on any atom is 0.262 e. The summed E-state index contributed by atoms with van der Waals surface area (Å²) >= 11 is 1.32. The molecule has 172 valence electrons. The third-order valence-electron chi connectivity index (χ3n) is 5.38. The summed E-state index contributed by atoms with van der Waals surface area (Å²) < 4.78 is 32.6. The standard InChI is InChI=1S/C24H23F2N3O3S/c1-27-23(31)21(16-7-8-18(25)19(26)13-16)28-22(30)20-14-17(15-5-3-2-4-6-15)24(33-20)29-9-11-32-12-10-29/h2-8,13-14,21H,9-12H2,1H3,(H,27,31)(H,28,30). The van der Waals surface area contributed by atoms with Crippen LogP contribution in [0.25, 0.3) is 11.1 Å². The van der Waals surface area contributed by atoms with E-state index in [0.29, 0.717) is 31.2 Å². The van der Waals surface area contributed by atoms with Crippen molar-refractivity contribution in [1.29, 1.82) is 0 Å². The van der Waals surface area contributed by atoms with E-state index in [1.54, 1.807) is 6.07 Å². The molecule has 1 unspecified atom stereocenters. The number of morpholine rings is 1. The first kappa shape index (κ1) is 22.9. The van der Waals surface area contributed by atoms with E-state index in [-0.39, 0.29) is 5.56 Å². The Hall–Kier alpha value is -3.30. The Labute approximate surface area is 194 Å². The Bertz CT molecular complexity index is 1150. The summed E-state index contributed by atoms with van der Waals surface area (Å²) in [5, 5.41) is 6.07. The molecule has 0 saturated carbocycles. The zero-order valence-corrected chi connectivity index (χ0v) is 18.8. The van der Waals surface area contributed by atoms with E-state index in [9.17, 15) is 18.4 Å². The molecule has 2 aromatic carbocycles. The molecule has 1 aliphatic heterocycles. The van der Waals surface area contributed by atoms with Crippen molar-refractivity contribution < 1.29 is 23.1 Å². The quantitative estimate of drug-likeness (QED) is 0.575. The lowest BCUT2D eigenvalue weighted by atomic mass is 10.1. The fraction of sp³-hybridized carbons (Fsp3) is 0.250. The lowest BCUT2D eigenvalue weighted by Gasteiger charge is -2.28. The Morgan fingerprint density at radius 3 is 2.42 bits per heavy atom. The van der Waals surface area contributed by atoms with Crippen molar-refractivity contribution in [3.8, 4) is 11.1 Å². The zero-order chi connectivity index (χ0) is 23.4. The molecule has 33 heavy (non-hydrogen) atoms. The molecule has 3 aromatic rings. The van der Waals surface area contributed by atoms with Gasteiger partial charge in [0.2, 0.25) is 5.91 Å². The number of ether oxygens (including phenoxy) is 1. The van der Waals surface area contributed by atoms with Crippen molar-refractivity contribution >= 4 is 28.2 Å². The van der Waals surface area contributed by atoms with Gasteiger partial charge in [0.1, 0.15) is 6.04 Å². The Morgan fingerprint density at radius 2 is 1.76 bits per heavy atom. The number of hydrogen-bond acceptors (Lipinski definition) is 5. The van der Waals surface area contributed by atoms with E-state index in [1.165, 1.54) is 24.5 Å². The van der Waals surface area contributed by atoms with Crippen LogP contribution in [0, 0.1) is 11.6 Å². The van der Waals surface area contributed by atoms with E-state index < -0.39 is 29.5 Å². The number of rotatable bonds is 6. The molecule has 1 atom stereocenters. The Balaban J connectivity index is 1.67. The monoisotopic (exact) mass is 471 g/mol. The van der Waals surface area contributed by atoms with E-state index in [1.807, 2.05) is 30.3 Å². The average molecular weight is 472 g/mol. The minimum atomic E-state index is -1.17. The van der Waals surface area contributed by atoms with Gasteiger partial charge in [0.05, 0.1) is 23.1 Å². The van der Waals surface area contributed by atoms with Crippen LogP contribution in [0.3, 0.4) is 0 Å². The van der Waals surface area contributed by atoms with Crippen LogP contribution in [-0.2, 0) is 9.53 Å². The lowest BCUT2D eigenvalue weighted by molar-refractivity contribution is -0.122. The van der Waals surface area contributed by atoms with Crippen LogP contribution >= 0.6 is 11.3 Å². The highest BCUT2D eigenvalue weighted by molar-refractivity contribution is 7.18. The van der Waals surface area contributed by atoms with Gasteiger partial charge in [0, 0.05) is 25.7 Å². The minimum Gasteiger partial charge on any atom is -0.378 e. The van der Waals surface area contributed by atoms with E-state index >= 15 is 0 Å². The number of nitrogens with one attached hydrogen (secondary N) is 2. The fourth-order valence-electron chi connectivity index (χ4n) is 3.66. The maximum atomic E-state index is 13.8. The minimum absolute atomic E-state index is 0.148. The molecule has 1 aromatic heterocycles. The number of halogens is 2. The molecular weight excluding hydrogens is 448 g/mol. The number of carbonyl (C=O) groups excluding carboxylic acids is 2. The SMILES string of the molecule is CNC(=O)C(NC(=O)c1cc(-c2ccccc2)c(N2CCOCC2)s1)c1ccc(F)c(F)c1. The van der Waals surface area contributed by atoms with Gasteiger partial charge in [-0.1, -0.05) is 36.4 Å². The van der Waals surface area contributed by atoms with E-state index in [4.69, 9.17) is 4.74 Å². The van der Waals surface area contributed by atoms with Crippen LogP contribution in [0.5, 0.6) is 0 Å². The smallest absolute Gasteiger partial charge is 0.262 e. The van der Waals surface area contributed by atoms with Crippen LogP contribution in [0.1, 0.15) is 21.3 Å². The van der Waals surface area contributed by atoms with Crippen molar-refractivity contribution in [2.75, 3.05) is 38.3 Å². The first-order valence-corrected chi connectivity index (χ1v) is 11.3. The fourth-order valence-corrected chi connectivity index (χ4v) is 4.79. The van der Waals surface area contributed by atoms with Gasteiger partial charge in [-0.05, 0) is 29.3 Å². The normalized spacial score (nSPS) is 14.6. The molecule has 0 aliphatic carbocycles. The second-order valence-electron chi connectivity index (χ2n) is 7.49. The molecule has 2 amide bonds. The summed E-state index contributed by atoms with van der Waals surface area (Å²) in [4.78, 5) is 28.2. The Morgan fingerprint density at radius 1 is 1.03 bits per heavy atom. The molecular formula is C24H23F2N3O3S. The average Bonchev–Trinajstić information content (AvgIpc) is 3.30. The van der Waals surface area contributed by atoms with Crippen LogP contribution in [0.4, 0.5) is 13.8 Å². The van der Waals surface area contributed by atoms with Crippen molar-refractivity contribution in [3.63, 3.8) is 0 Å². The van der Waals surface area contributed by atoms with E-state index in [0.717, 1.165) is 28.3 Å². The first-order chi connectivity index (χ1) is 16.0. The van der Waals surface area contributed by atoms with Crippen LogP contribution in [0.2, 0.25) is 0 Å². The van der Waals surface area contributed by atoms with Gasteiger partial charge < -0.3 is 20.3 Å². The number of hydrogen-bond donors (Lipinski definition) is 2. The van der Waals surface area contributed by atoms with Crippen LogP contribution in [0.15, 0.2) is 54.6 Å². The number of likely N-dealkylation sites (N-methyl/N-ethyl adjacent to an activating group) is 1. The van der Waals surface area contributed by atoms with Crippen molar-refractivity contribution in [2.24, 2.45) is 0 Å². The number of carbonyl (C=O) groups is 2. The summed E-state index contributed by atoms with van der Waals surface area (Å²) in [5.41, 5.74) is 2.03. The molecule has 0 bridgehead atoms. The molecule has 1 fully saturated rings. The zero-order valence-electron chi connectivity index (χ0n) is 17.9. The maximum absolute atomic E-state index is 13.8. The predicted octanol–water partition coefficient (Wildman–Crippen LogP) is 3.75. The highest BCUT2D eigenvalue weighted by Crippen LogP contribution is 2.39. The predicted molar refractivity (Wildman–Crippen MR) is 123 cm³/mol. The highest BCUT2D eigenvalue weighted by atomic mass is 32.1. The van der Waals surface area contributed by atoms with Crippen molar-refractivity contribution in [2.45, 2.75) is 6.04 Å². The van der Waals surface area contributed by atoms with Gasteiger partial charge in [-0.3, -0.25) is 9.59 Å². The molecule has 4 rings (SSSR count). The lowest BCUT2D eigenvalue weighted by Crippen LogP contribution is -2.39. The third-order valence-corrected chi connectivity index (χ3v) is 6.57. The van der Waals surface area contributed by atoms with Gasteiger partial charge in [0.15, 0.2) is 11.6 Å². The molecule has 2 N–H and O–H groups in total. The summed E-state index contributed by atoms with van der Waals surface area (Å²) in [7, 11) is 1.41. The molecule has 6 nitrogen and oxygen atoms in total. The Kier molecular flexibility index (Phi) is 7.00. The number of thiophene rings is 1. The van der Waals surface area contributed by atoms with Crippen LogP contribution < -0.4 is 15.5 Å². The van der Waals surface area contributed by atoms with Crippen LogP contribution in [-0.4, -0.2) is 45.2 Å². The van der Waals surface area contributed by atoms with Crippen molar-refractivity contribution in [1.82, 2.24) is 10.6 Å². The summed E-state index contributed by atoms with van der Waals surface area (Å²) in [6.07, 6.45) is 0. The number of anilines is 1. The molecule has 0 spiro atoms. The number of nitrogens with zero attached hydrogens (tertiary/aromatic N) is 1. The second kappa shape index (κ2) is 10.1. The topological polar surface area (TPSA) is 70.7 Å². The van der Waals surface area contributed by atoms with Gasteiger partial charge in [0.25, 0.3) is 5.91 Å². The molecule has 9 heteroatoms. The van der Waals surface area contributed by atoms with Gasteiger partial charge in [-0.25, -0.2) is 8.78 Å². The first-order valence-electron chi connectivity index (χ1n) is 10.5.